The topological polar surface area (TPSA) is 37.4 Å². The van der Waals surface area contributed by atoms with Gasteiger partial charge < -0.3 is 0 Å². The third-order valence-corrected chi connectivity index (χ3v) is 6.30. The zero-order chi connectivity index (χ0) is 17.4. The van der Waals surface area contributed by atoms with Crippen LogP contribution in [0.4, 0.5) is 5.69 Å². The van der Waals surface area contributed by atoms with Crippen LogP contribution in [0.2, 0.25) is 5.31 Å². The van der Waals surface area contributed by atoms with Crippen LogP contribution in [-0.2, 0) is 15.0 Å². The van der Waals surface area contributed by atoms with Crippen molar-refractivity contribution in [2.45, 2.75) is 57.0 Å². The van der Waals surface area contributed by atoms with Gasteiger partial charge in [0.1, 0.15) is 7.85 Å². The Morgan fingerprint density at radius 3 is 2.22 bits per heavy atom. The van der Waals surface area contributed by atoms with Crippen molar-refractivity contribution in [3.63, 3.8) is 0 Å². The normalized spacial score (nSPS) is 19.5. The Balaban J connectivity index is 2.27. The van der Waals surface area contributed by atoms with E-state index in [1.54, 1.807) is 11.8 Å². The first-order valence-corrected chi connectivity index (χ1v) is 9.23. The molecule has 1 aromatic rings. The summed E-state index contributed by atoms with van der Waals surface area (Å²) in [6, 6.07) is 7.89. The first kappa shape index (κ1) is 18.1. The SMILES string of the molecule is BC(C)(C)C(C)(C)c1ccc(N2C(=O)CC(SCC)C2=O)cc1. The Morgan fingerprint density at radius 2 is 1.74 bits per heavy atom. The molecule has 0 aromatic heterocycles. The van der Waals surface area contributed by atoms with Gasteiger partial charge in [-0.3, -0.25) is 9.59 Å². The summed E-state index contributed by atoms with van der Waals surface area (Å²) >= 11 is 1.55. The van der Waals surface area contributed by atoms with E-state index >= 15 is 0 Å². The van der Waals surface area contributed by atoms with E-state index in [9.17, 15) is 9.59 Å². The van der Waals surface area contributed by atoms with Gasteiger partial charge in [0.2, 0.25) is 11.8 Å². The molecule has 0 N–H and O–H groups in total. The molecule has 2 rings (SSSR count). The number of thioether (sulfide) groups is 1. The second kappa shape index (κ2) is 6.35. The first-order chi connectivity index (χ1) is 10.6. The van der Waals surface area contributed by atoms with Gasteiger partial charge in [-0.1, -0.05) is 52.1 Å². The van der Waals surface area contributed by atoms with Gasteiger partial charge in [-0.25, -0.2) is 4.90 Å². The molecule has 3 nitrogen and oxygen atoms in total. The highest BCUT2D eigenvalue weighted by Crippen LogP contribution is 2.44. The average Bonchev–Trinajstić information content (AvgIpc) is 2.73. The molecule has 124 valence electrons. The van der Waals surface area contributed by atoms with E-state index in [-0.39, 0.29) is 27.8 Å². The third-order valence-electron chi connectivity index (χ3n) is 5.20. The predicted octanol–water partition coefficient (Wildman–Crippen LogP) is 3.18. The number of benzene rings is 1. The van der Waals surface area contributed by atoms with Crippen LogP contribution >= 0.6 is 11.8 Å². The average molecular weight is 331 g/mol. The van der Waals surface area contributed by atoms with Crippen LogP contribution < -0.4 is 4.90 Å². The molecule has 23 heavy (non-hydrogen) atoms. The Hall–Kier alpha value is -1.23. The lowest BCUT2D eigenvalue weighted by Crippen LogP contribution is -2.32. The van der Waals surface area contributed by atoms with Gasteiger partial charge in [-0.2, -0.15) is 0 Å². The number of rotatable bonds is 5. The minimum atomic E-state index is -0.224. The van der Waals surface area contributed by atoms with Gasteiger partial charge in [0.25, 0.3) is 0 Å². The van der Waals surface area contributed by atoms with Crippen LogP contribution in [0.15, 0.2) is 24.3 Å². The van der Waals surface area contributed by atoms with Crippen LogP contribution in [0, 0.1) is 0 Å². The molecule has 1 aromatic carbocycles. The Kier molecular flexibility index (Phi) is 5.00. The Morgan fingerprint density at radius 1 is 1.17 bits per heavy atom. The number of amides is 2. The van der Waals surface area contributed by atoms with Crippen LogP contribution in [0.1, 0.15) is 46.6 Å². The molecule has 1 saturated heterocycles. The maximum atomic E-state index is 12.4. The Labute approximate surface area is 144 Å². The largest absolute Gasteiger partial charge is 0.274 e. The fourth-order valence-electron chi connectivity index (χ4n) is 2.67. The van der Waals surface area contributed by atoms with Crippen LogP contribution in [-0.4, -0.2) is 30.7 Å². The molecule has 1 aliphatic rings. The zero-order valence-electron chi connectivity index (χ0n) is 15.0. The van der Waals surface area contributed by atoms with Crippen molar-refractivity contribution >= 4 is 37.1 Å². The third kappa shape index (κ3) is 3.35. The van der Waals surface area contributed by atoms with E-state index in [4.69, 9.17) is 0 Å². The number of imide groups is 1. The highest BCUT2D eigenvalue weighted by atomic mass is 32.2. The minimum Gasteiger partial charge on any atom is -0.274 e. The van der Waals surface area contributed by atoms with E-state index in [0.717, 1.165) is 5.75 Å². The number of hydrogen-bond acceptors (Lipinski definition) is 3. The molecular formula is C18H26BNO2S. The summed E-state index contributed by atoms with van der Waals surface area (Å²) in [7, 11) is 2.22. The highest BCUT2D eigenvalue weighted by molar-refractivity contribution is 8.00. The van der Waals surface area contributed by atoms with Crippen molar-refractivity contribution in [3.8, 4) is 0 Å². The number of carbonyl (C=O) groups is 2. The lowest BCUT2D eigenvalue weighted by Gasteiger charge is -2.39. The maximum Gasteiger partial charge on any atom is 0.247 e. The number of nitrogens with zero attached hydrogens (tertiary/aromatic N) is 1. The summed E-state index contributed by atoms with van der Waals surface area (Å²) in [6.07, 6.45) is 0.312. The second-order valence-electron chi connectivity index (χ2n) is 7.64. The van der Waals surface area contributed by atoms with E-state index in [1.165, 1.54) is 10.5 Å². The summed E-state index contributed by atoms with van der Waals surface area (Å²) in [4.78, 5) is 26.0. The van der Waals surface area contributed by atoms with Crippen molar-refractivity contribution in [2.75, 3.05) is 10.7 Å². The molecule has 5 heteroatoms. The van der Waals surface area contributed by atoms with Crippen molar-refractivity contribution in [1.82, 2.24) is 0 Å². The summed E-state index contributed by atoms with van der Waals surface area (Å²) in [5.41, 5.74) is 1.91. The number of carbonyl (C=O) groups excluding carboxylic acids is 2. The zero-order valence-corrected chi connectivity index (χ0v) is 15.8. The molecular weight excluding hydrogens is 305 g/mol. The summed E-state index contributed by atoms with van der Waals surface area (Å²) in [5.74, 6) is 0.671. The molecule has 2 amide bonds. The van der Waals surface area contributed by atoms with E-state index in [1.807, 2.05) is 31.2 Å². The molecule has 0 radical (unpaired) electrons. The highest BCUT2D eigenvalue weighted by Gasteiger charge is 2.40. The second-order valence-corrected chi connectivity index (χ2v) is 9.12. The van der Waals surface area contributed by atoms with E-state index in [2.05, 4.69) is 35.5 Å². The first-order valence-electron chi connectivity index (χ1n) is 8.18. The standard InChI is InChI=1S/C18H26BNO2S/c1-6-23-14-11-15(21)20(16(14)22)13-9-7-12(8-10-13)17(2,3)18(4,5)19/h7-10,14H,6,11,19H2,1-5H3. The fourth-order valence-corrected chi connectivity index (χ4v) is 3.58. The van der Waals surface area contributed by atoms with Gasteiger partial charge >= 0.3 is 0 Å². The maximum absolute atomic E-state index is 12.4. The number of anilines is 1. The molecule has 1 aliphatic heterocycles. The van der Waals surface area contributed by atoms with Gasteiger partial charge in [0.15, 0.2) is 0 Å². The smallest absolute Gasteiger partial charge is 0.247 e. The summed E-state index contributed by atoms with van der Waals surface area (Å²) in [5, 5.41) is -0.102. The lowest BCUT2D eigenvalue weighted by atomic mass is 9.54. The van der Waals surface area contributed by atoms with Crippen LogP contribution in [0.25, 0.3) is 0 Å². The molecule has 1 heterocycles. The number of hydrogen-bond donors (Lipinski definition) is 0. The van der Waals surface area contributed by atoms with Gasteiger partial charge in [0, 0.05) is 6.42 Å². The van der Waals surface area contributed by atoms with Gasteiger partial charge in [-0.05, 0) is 28.9 Å². The van der Waals surface area contributed by atoms with Gasteiger partial charge in [-0.15, -0.1) is 11.8 Å². The van der Waals surface area contributed by atoms with Crippen LogP contribution in [0.5, 0.6) is 0 Å². The quantitative estimate of drug-likeness (QED) is 0.614. The monoisotopic (exact) mass is 331 g/mol. The van der Waals surface area contributed by atoms with Crippen molar-refractivity contribution in [1.29, 1.82) is 0 Å². The molecule has 1 fully saturated rings. The van der Waals surface area contributed by atoms with Gasteiger partial charge in [0.05, 0.1) is 10.9 Å². The lowest BCUT2D eigenvalue weighted by molar-refractivity contribution is -0.121. The predicted molar refractivity (Wildman–Crippen MR) is 101 cm³/mol. The Bertz CT molecular complexity index is 604. The fraction of sp³-hybridized carbons (Fsp3) is 0.556. The van der Waals surface area contributed by atoms with Crippen molar-refractivity contribution in [2.24, 2.45) is 0 Å². The van der Waals surface area contributed by atoms with E-state index in [0.29, 0.717) is 12.1 Å². The molecule has 1 unspecified atom stereocenters. The summed E-state index contributed by atoms with van der Waals surface area (Å²) in [6.45, 7) is 10.9. The molecule has 0 bridgehead atoms. The van der Waals surface area contributed by atoms with Crippen molar-refractivity contribution < 1.29 is 9.59 Å². The summed E-state index contributed by atoms with van der Waals surface area (Å²) < 4.78 is 0. The van der Waals surface area contributed by atoms with Crippen molar-refractivity contribution in [3.05, 3.63) is 29.8 Å². The molecule has 0 aliphatic carbocycles. The minimum absolute atomic E-state index is 0.00511. The molecule has 1 atom stereocenters. The van der Waals surface area contributed by atoms with Crippen LogP contribution in [0.3, 0.4) is 0 Å². The molecule has 0 spiro atoms. The molecule has 0 saturated carbocycles. The van der Waals surface area contributed by atoms with E-state index < -0.39 is 0 Å².